The predicted molar refractivity (Wildman–Crippen MR) is 124 cm³/mol. The Kier molecular flexibility index (Phi) is 5.12. The summed E-state index contributed by atoms with van der Waals surface area (Å²) in [5, 5.41) is 0.0165. The normalized spacial score (nSPS) is 14.3. The average Bonchev–Trinajstić information content (AvgIpc) is 3.25. The van der Waals surface area contributed by atoms with Crippen LogP contribution >= 0.6 is 0 Å². The smallest absolute Gasteiger partial charge is 0.194 e. The van der Waals surface area contributed by atoms with Gasteiger partial charge in [0.1, 0.15) is 0 Å². The lowest BCUT2D eigenvalue weighted by molar-refractivity contribution is 0.155. The van der Waals surface area contributed by atoms with Gasteiger partial charge in [-0.25, -0.2) is 13.4 Å². The molecule has 1 aromatic heterocycles. The second-order valence-electron chi connectivity index (χ2n) is 8.04. The molecule has 0 N–H and O–H groups in total. The molecule has 160 valence electrons. The van der Waals surface area contributed by atoms with Crippen LogP contribution in [-0.4, -0.2) is 29.5 Å². The fourth-order valence-corrected chi connectivity index (χ4v) is 5.13. The standard InChI is InChI=1S/C26H23N3O2S/c1-32(30,31)25-17-27-23-18-29(19-24(23)28-25)26(20-11-5-2-6-12-20,21-13-7-3-8-14-21)22-15-9-4-10-16-22/h2-17H,18-19H2,1H3. The molecule has 1 aliphatic heterocycles. The Morgan fingerprint density at radius 3 is 1.59 bits per heavy atom. The van der Waals surface area contributed by atoms with Crippen LogP contribution in [0.4, 0.5) is 0 Å². The summed E-state index contributed by atoms with van der Waals surface area (Å²) >= 11 is 0. The first-order chi connectivity index (χ1) is 15.5. The second-order valence-corrected chi connectivity index (χ2v) is 10.0. The van der Waals surface area contributed by atoms with Gasteiger partial charge in [0.25, 0.3) is 0 Å². The molecule has 0 amide bonds. The number of aromatic nitrogens is 2. The van der Waals surface area contributed by atoms with Crippen LogP contribution in [0.5, 0.6) is 0 Å². The highest BCUT2D eigenvalue weighted by Gasteiger charge is 2.45. The Morgan fingerprint density at radius 2 is 1.16 bits per heavy atom. The first-order valence-electron chi connectivity index (χ1n) is 10.5. The average molecular weight is 442 g/mol. The van der Waals surface area contributed by atoms with Crippen molar-refractivity contribution in [3.63, 3.8) is 0 Å². The number of hydrogen-bond acceptors (Lipinski definition) is 5. The number of hydrogen-bond donors (Lipinski definition) is 0. The van der Waals surface area contributed by atoms with Crippen molar-refractivity contribution in [1.29, 1.82) is 0 Å². The SMILES string of the molecule is CS(=O)(=O)c1cnc2c(n1)CN(C(c1ccccc1)(c1ccccc1)c1ccccc1)C2. The van der Waals surface area contributed by atoms with Crippen molar-refractivity contribution in [3.05, 3.63) is 125 Å². The molecule has 2 heterocycles. The summed E-state index contributed by atoms with van der Waals surface area (Å²) in [5.74, 6) is 0. The van der Waals surface area contributed by atoms with Crippen molar-refractivity contribution in [2.75, 3.05) is 6.26 Å². The van der Waals surface area contributed by atoms with Crippen molar-refractivity contribution in [1.82, 2.24) is 14.9 Å². The largest absolute Gasteiger partial charge is 0.274 e. The number of benzene rings is 3. The summed E-state index contributed by atoms with van der Waals surface area (Å²) in [7, 11) is -3.43. The summed E-state index contributed by atoms with van der Waals surface area (Å²) in [6.45, 7) is 1.05. The minimum absolute atomic E-state index is 0.0165. The molecule has 0 unspecified atom stereocenters. The van der Waals surface area contributed by atoms with Gasteiger partial charge in [-0.1, -0.05) is 91.0 Å². The summed E-state index contributed by atoms with van der Waals surface area (Å²) < 4.78 is 24.1. The first kappa shape index (κ1) is 20.5. The van der Waals surface area contributed by atoms with E-state index in [4.69, 9.17) is 0 Å². The van der Waals surface area contributed by atoms with E-state index < -0.39 is 15.4 Å². The van der Waals surface area contributed by atoms with E-state index in [1.807, 2.05) is 18.2 Å². The summed E-state index contributed by atoms with van der Waals surface area (Å²) in [5.41, 5.74) is 4.33. The van der Waals surface area contributed by atoms with Gasteiger partial charge in [0.15, 0.2) is 14.9 Å². The maximum Gasteiger partial charge on any atom is 0.194 e. The van der Waals surface area contributed by atoms with E-state index >= 15 is 0 Å². The fraction of sp³-hybridized carbons (Fsp3) is 0.154. The Labute approximate surface area is 188 Å². The Bertz CT molecular complexity index is 1250. The molecule has 1 aliphatic rings. The highest BCUT2D eigenvalue weighted by atomic mass is 32.2. The molecule has 0 atom stereocenters. The van der Waals surface area contributed by atoms with Crippen molar-refractivity contribution in [2.24, 2.45) is 0 Å². The van der Waals surface area contributed by atoms with Gasteiger partial charge in [-0.05, 0) is 16.7 Å². The lowest BCUT2D eigenvalue weighted by Crippen LogP contribution is -2.45. The van der Waals surface area contributed by atoms with E-state index in [1.165, 1.54) is 12.5 Å². The van der Waals surface area contributed by atoms with Gasteiger partial charge >= 0.3 is 0 Å². The number of nitrogens with zero attached hydrogens (tertiary/aromatic N) is 3. The Hall–Kier alpha value is -3.35. The molecule has 32 heavy (non-hydrogen) atoms. The summed E-state index contributed by atoms with van der Waals surface area (Å²) in [6.07, 6.45) is 2.53. The monoisotopic (exact) mass is 441 g/mol. The van der Waals surface area contributed by atoms with Crippen LogP contribution in [0.1, 0.15) is 28.1 Å². The molecule has 4 aromatic rings. The quantitative estimate of drug-likeness (QED) is 0.435. The predicted octanol–water partition coefficient (Wildman–Crippen LogP) is 4.19. The van der Waals surface area contributed by atoms with Gasteiger partial charge in [-0.15, -0.1) is 0 Å². The fourth-order valence-electron chi connectivity index (χ4n) is 4.61. The van der Waals surface area contributed by atoms with Crippen molar-refractivity contribution < 1.29 is 8.42 Å². The molecule has 0 aliphatic carbocycles. The molecule has 0 spiro atoms. The van der Waals surface area contributed by atoms with Gasteiger partial charge in [-0.3, -0.25) is 9.88 Å². The van der Waals surface area contributed by atoms with Gasteiger partial charge in [0, 0.05) is 19.3 Å². The van der Waals surface area contributed by atoms with E-state index in [-0.39, 0.29) is 5.03 Å². The molecular formula is C26H23N3O2S. The maximum absolute atomic E-state index is 12.1. The van der Waals surface area contributed by atoms with E-state index in [0.717, 1.165) is 22.4 Å². The highest BCUT2D eigenvalue weighted by Crippen LogP contribution is 2.45. The zero-order valence-corrected chi connectivity index (χ0v) is 18.5. The van der Waals surface area contributed by atoms with Gasteiger partial charge in [0.2, 0.25) is 0 Å². The van der Waals surface area contributed by atoms with Gasteiger partial charge < -0.3 is 0 Å². The molecule has 0 radical (unpaired) electrons. The third-order valence-electron chi connectivity index (χ3n) is 6.02. The third-order valence-corrected chi connectivity index (χ3v) is 6.98. The number of sulfone groups is 1. The van der Waals surface area contributed by atoms with Crippen molar-refractivity contribution >= 4 is 9.84 Å². The Morgan fingerprint density at radius 1 is 0.719 bits per heavy atom. The van der Waals surface area contributed by atoms with Crippen molar-refractivity contribution in [2.45, 2.75) is 23.7 Å². The van der Waals surface area contributed by atoms with Crippen LogP contribution in [-0.2, 0) is 28.5 Å². The molecule has 6 heteroatoms. The highest BCUT2D eigenvalue weighted by molar-refractivity contribution is 7.90. The molecule has 0 saturated carbocycles. The van der Waals surface area contributed by atoms with Crippen LogP contribution < -0.4 is 0 Å². The van der Waals surface area contributed by atoms with Crippen LogP contribution in [0, 0.1) is 0 Å². The molecule has 0 bridgehead atoms. The minimum atomic E-state index is -3.43. The van der Waals surface area contributed by atoms with E-state index in [2.05, 4.69) is 87.7 Å². The molecule has 0 fully saturated rings. The summed E-state index contributed by atoms with van der Waals surface area (Å²) in [6, 6.07) is 31.2. The topological polar surface area (TPSA) is 63.2 Å². The molecule has 3 aromatic carbocycles. The third kappa shape index (κ3) is 3.42. The lowest BCUT2D eigenvalue weighted by atomic mass is 9.75. The molecule has 0 saturated heterocycles. The van der Waals surface area contributed by atoms with Crippen molar-refractivity contribution in [3.8, 4) is 0 Å². The summed E-state index contributed by atoms with van der Waals surface area (Å²) in [4.78, 5) is 11.3. The van der Waals surface area contributed by atoms with Gasteiger partial charge in [0.05, 0.1) is 23.1 Å². The van der Waals surface area contributed by atoms with Crippen LogP contribution in [0.3, 0.4) is 0 Å². The van der Waals surface area contributed by atoms with Crippen LogP contribution in [0.25, 0.3) is 0 Å². The lowest BCUT2D eigenvalue weighted by Gasteiger charge is -2.43. The van der Waals surface area contributed by atoms with E-state index in [9.17, 15) is 8.42 Å². The number of fused-ring (bicyclic) bond motifs is 1. The zero-order valence-electron chi connectivity index (χ0n) is 17.7. The number of rotatable bonds is 5. The van der Waals surface area contributed by atoms with E-state index in [1.54, 1.807) is 0 Å². The minimum Gasteiger partial charge on any atom is -0.274 e. The molecule has 5 nitrogen and oxygen atoms in total. The zero-order chi connectivity index (χ0) is 22.2. The molecule has 5 rings (SSSR count). The maximum atomic E-state index is 12.1. The van der Waals surface area contributed by atoms with E-state index in [0.29, 0.717) is 18.8 Å². The first-order valence-corrected chi connectivity index (χ1v) is 12.4. The Balaban J connectivity index is 1.74. The van der Waals surface area contributed by atoms with Crippen LogP contribution in [0.15, 0.2) is 102 Å². The van der Waals surface area contributed by atoms with Crippen LogP contribution in [0.2, 0.25) is 0 Å². The van der Waals surface area contributed by atoms with Gasteiger partial charge in [-0.2, -0.15) is 0 Å². The second kappa shape index (κ2) is 7.97. The molecular weight excluding hydrogens is 418 g/mol.